The number of hydrogen-bond donors (Lipinski definition) is 6. The summed E-state index contributed by atoms with van der Waals surface area (Å²) in [7, 11) is 0. The summed E-state index contributed by atoms with van der Waals surface area (Å²) in [6, 6.07) is 11.7. The van der Waals surface area contributed by atoms with Gasteiger partial charge in [-0.3, -0.25) is 4.79 Å². The Kier molecular flexibility index (Phi) is 5.02. The zero-order valence-corrected chi connectivity index (χ0v) is 14.3. The Balaban J connectivity index is 1.76. The monoisotopic (exact) mass is 365 g/mol. The predicted molar refractivity (Wildman–Crippen MR) is 102 cm³/mol. The fraction of sp³-hybridized carbons (Fsp3) is 0.111. The molecule has 27 heavy (non-hydrogen) atoms. The van der Waals surface area contributed by atoms with E-state index < -0.39 is 12.1 Å². The van der Waals surface area contributed by atoms with Crippen LogP contribution >= 0.6 is 0 Å². The first-order valence-corrected chi connectivity index (χ1v) is 8.11. The van der Waals surface area contributed by atoms with Crippen molar-refractivity contribution < 1.29 is 9.90 Å². The molecule has 1 aliphatic heterocycles. The zero-order chi connectivity index (χ0) is 19.4. The molecule has 0 radical (unpaired) electrons. The molecule has 9 nitrogen and oxygen atoms in total. The second-order valence-electron chi connectivity index (χ2n) is 5.90. The van der Waals surface area contributed by atoms with E-state index in [0.717, 1.165) is 11.8 Å². The molecule has 1 aliphatic rings. The highest BCUT2D eigenvalue weighted by Crippen LogP contribution is 2.24. The maximum atomic E-state index is 11.9. The van der Waals surface area contributed by atoms with Gasteiger partial charge in [-0.05, 0) is 35.9 Å². The van der Waals surface area contributed by atoms with E-state index in [9.17, 15) is 9.90 Å². The van der Waals surface area contributed by atoms with E-state index in [1.165, 1.54) is 0 Å². The summed E-state index contributed by atoms with van der Waals surface area (Å²) in [5, 5.41) is 30.9. The Morgan fingerprint density at radius 1 is 1.26 bits per heavy atom. The number of carbonyl (C=O) groups excluding carboxylic acids is 1. The summed E-state index contributed by atoms with van der Waals surface area (Å²) < 4.78 is 0. The van der Waals surface area contributed by atoms with Crippen LogP contribution in [0.25, 0.3) is 0 Å². The summed E-state index contributed by atoms with van der Waals surface area (Å²) in [6.07, 6.45) is 0.401. The molecule has 0 saturated carbocycles. The molecule has 1 heterocycles. The number of hydrogen-bond acceptors (Lipinski definition) is 8. The SMILES string of the molecule is N=Cc1cc(NC2N=NC(NCc3ccc(O)cc3)=C2C(N)=O)ccc1N. The van der Waals surface area contributed by atoms with Gasteiger partial charge in [-0.1, -0.05) is 12.1 Å². The number of nitrogen functional groups attached to an aromatic ring is 1. The quantitative estimate of drug-likeness (QED) is 0.324. The Bertz CT molecular complexity index is 935. The number of benzene rings is 2. The highest BCUT2D eigenvalue weighted by Gasteiger charge is 2.28. The highest BCUT2D eigenvalue weighted by molar-refractivity contribution is 5.95. The van der Waals surface area contributed by atoms with Crippen LogP contribution in [0.1, 0.15) is 11.1 Å². The van der Waals surface area contributed by atoms with Crippen molar-refractivity contribution in [2.24, 2.45) is 16.0 Å². The molecule has 0 fully saturated rings. The van der Waals surface area contributed by atoms with Crippen molar-refractivity contribution in [1.82, 2.24) is 5.32 Å². The molecule has 2 aromatic rings. The highest BCUT2D eigenvalue weighted by atomic mass is 16.3. The molecule has 0 spiro atoms. The van der Waals surface area contributed by atoms with Crippen LogP contribution in [0, 0.1) is 5.41 Å². The Morgan fingerprint density at radius 2 is 2.00 bits per heavy atom. The van der Waals surface area contributed by atoms with Crippen LogP contribution in [0.15, 0.2) is 64.1 Å². The number of nitrogens with zero attached hydrogens (tertiary/aromatic N) is 2. The number of nitrogens with two attached hydrogens (primary N) is 2. The summed E-state index contributed by atoms with van der Waals surface area (Å²) in [4.78, 5) is 11.9. The van der Waals surface area contributed by atoms with Gasteiger partial charge >= 0.3 is 0 Å². The molecule has 1 amide bonds. The molecular weight excluding hydrogens is 346 g/mol. The van der Waals surface area contributed by atoms with Crippen molar-refractivity contribution in [1.29, 1.82) is 5.41 Å². The van der Waals surface area contributed by atoms with Gasteiger partial charge in [0, 0.05) is 29.7 Å². The molecular formula is C18H19N7O2. The average molecular weight is 365 g/mol. The molecule has 0 saturated heterocycles. The number of aromatic hydroxyl groups is 1. The second kappa shape index (κ2) is 7.56. The Hall–Kier alpha value is -3.88. The van der Waals surface area contributed by atoms with E-state index in [-0.39, 0.29) is 17.1 Å². The first-order valence-electron chi connectivity index (χ1n) is 8.11. The van der Waals surface area contributed by atoms with E-state index in [0.29, 0.717) is 23.5 Å². The molecule has 8 N–H and O–H groups in total. The third-order valence-electron chi connectivity index (χ3n) is 4.01. The molecule has 9 heteroatoms. The first-order chi connectivity index (χ1) is 13.0. The van der Waals surface area contributed by atoms with Gasteiger partial charge in [0.1, 0.15) is 11.3 Å². The number of phenolic OH excluding ortho intramolecular Hbond substituents is 1. The van der Waals surface area contributed by atoms with Gasteiger partial charge in [-0.15, -0.1) is 5.11 Å². The van der Waals surface area contributed by atoms with Gasteiger partial charge in [0.05, 0.1) is 0 Å². The smallest absolute Gasteiger partial charge is 0.252 e. The van der Waals surface area contributed by atoms with Gasteiger partial charge in [-0.2, -0.15) is 5.11 Å². The van der Waals surface area contributed by atoms with E-state index in [2.05, 4.69) is 20.9 Å². The third-order valence-corrected chi connectivity index (χ3v) is 4.01. The lowest BCUT2D eigenvalue weighted by Gasteiger charge is -2.14. The number of nitrogens with one attached hydrogen (secondary N) is 3. The van der Waals surface area contributed by atoms with E-state index in [4.69, 9.17) is 16.9 Å². The number of primary amides is 1. The number of anilines is 2. The van der Waals surface area contributed by atoms with Gasteiger partial charge in [-0.25, -0.2) is 0 Å². The van der Waals surface area contributed by atoms with E-state index in [1.54, 1.807) is 42.5 Å². The maximum absolute atomic E-state index is 11.9. The number of rotatable bonds is 7. The van der Waals surface area contributed by atoms with Gasteiger partial charge in [0.25, 0.3) is 5.91 Å². The van der Waals surface area contributed by atoms with Crippen LogP contribution in [0.4, 0.5) is 11.4 Å². The van der Waals surface area contributed by atoms with Crippen LogP contribution in [0.2, 0.25) is 0 Å². The van der Waals surface area contributed by atoms with Crippen molar-refractivity contribution in [2.45, 2.75) is 12.7 Å². The first kappa shape index (κ1) is 17.9. The van der Waals surface area contributed by atoms with Crippen LogP contribution in [-0.4, -0.2) is 23.4 Å². The normalized spacial score (nSPS) is 15.6. The van der Waals surface area contributed by atoms with Crippen molar-refractivity contribution in [3.63, 3.8) is 0 Å². The lowest BCUT2D eigenvalue weighted by molar-refractivity contribution is -0.114. The molecule has 0 aromatic heterocycles. The lowest BCUT2D eigenvalue weighted by Crippen LogP contribution is -2.30. The lowest BCUT2D eigenvalue weighted by atomic mass is 10.1. The average Bonchev–Trinajstić information content (AvgIpc) is 3.05. The van der Waals surface area contributed by atoms with E-state index in [1.807, 2.05) is 0 Å². The molecule has 0 bridgehead atoms. The van der Waals surface area contributed by atoms with E-state index >= 15 is 0 Å². The number of carbonyl (C=O) groups is 1. The van der Waals surface area contributed by atoms with Gasteiger partial charge in [0.2, 0.25) is 0 Å². The Labute approximate surface area is 155 Å². The third kappa shape index (κ3) is 4.03. The molecule has 2 aromatic carbocycles. The summed E-state index contributed by atoms with van der Waals surface area (Å²) in [6.45, 7) is 0.387. The van der Waals surface area contributed by atoms with Gasteiger partial charge in [0.15, 0.2) is 12.0 Å². The summed E-state index contributed by atoms with van der Waals surface area (Å²) in [5.41, 5.74) is 14.1. The molecule has 1 atom stereocenters. The molecule has 0 aliphatic carbocycles. The van der Waals surface area contributed by atoms with Crippen LogP contribution < -0.4 is 22.1 Å². The van der Waals surface area contributed by atoms with Crippen molar-refractivity contribution >= 4 is 23.5 Å². The Morgan fingerprint density at radius 3 is 2.67 bits per heavy atom. The maximum Gasteiger partial charge on any atom is 0.252 e. The number of azo groups is 1. The minimum atomic E-state index is -0.743. The largest absolute Gasteiger partial charge is 0.508 e. The zero-order valence-electron chi connectivity index (χ0n) is 14.3. The van der Waals surface area contributed by atoms with Crippen molar-refractivity contribution in [2.75, 3.05) is 11.1 Å². The topological polar surface area (TPSA) is 162 Å². The molecule has 1 unspecified atom stereocenters. The fourth-order valence-electron chi connectivity index (χ4n) is 2.59. The standard InChI is InChI=1S/C18H19N7O2/c19-8-11-7-12(3-6-14(11)20)23-18-15(16(21)27)17(24-25-18)22-9-10-1-4-13(26)5-2-10/h1-8,18-19,22-23,26H,9,20H2,(H2,21,27). The van der Waals surface area contributed by atoms with Crippen LogP contribution in [0.5, 0.6) is 5.75 Å². The molecule has 3 rings (SSSR count). The van der Waals surface area contributed by atoms with Crippen LogP contribution in [-0.2, 0) is 11.3 Å². The van der Waals surface area contributed by atoms with Crippen LogP contribution in [0.3, 0.4) is 0 Å². The molecule has 138 valence electrons. The fourth-order valence-corrected chi connectivity index (χ4v) is 2.59. The van der Waals surface area contributed by atoms with Gasteiger partial charge < -0.3 is 32.6 Å². The summed E-state index contributed by atoms with van der Waals surface area (Å²) in [5.74, 6) is -0.183. The van der Waals surface area contributed by atoms with Crippen molar-refractivity contribution in [3.8, 4) is 5.75 Å². The predicted octanol–water partition coefficient (Wildman–Crippen LogP) is 1.66. The van der Waals surface area contributed by atoms with Crippen molar-refractivity contribution in [3.05, 3.63) is 65.0 Å². The minimum Gasteiger partial charge on any atom is -0.508 e. The number of phenols is 1. The second-order valence-corrected chi connectivity index (χ2v) is 5.90. The number of amides is 1. The minimum absolute atomic E-state index is 0.174. The summed E-state index contributed by atoms with van der Waals surface area (Å²) >= 11 is 0.